The third kappa shape index (κ3) is 3.55. The second-order valence-corrected chi connectivity index (χ2v) is 8.38. The monoisotopic (exact) mass is 371 g/mol. The first kappa shape index (κ1) is 18.3. The number of piperidine rings is 2. The van der Waals surface area contributed by atoms with E-state index in [0.29, 0.717) is 50.4 Å². The summed E-state index contributed by atoms with van der Waals surface area (Å²) >= 11 is 0. The fraction of sp³-hybridized carbons (Fsp3) is 0.619. The van der Waals surface area contributed by atoms with Gasteiger partial charge in [0.15, 0.2) is 0 Å². The maximum Gasteiger partial charge on any atom is 0.255 e. The molecule has 1 unspecified atom stereocenters. The molecule has 2 N–H and O–H groups in total. The molecule has 1 saturated carbocycles. The highest BCUT2D eigenvalue weighted by Crippen LogP contribution is 2.42. The van der Waals surface area contributed by atoms with Crippen LogP contribution < -0.4 is 5.32 Å². The van der Waals surface area contributed by atoms with Gasteiger partial charge in [-0.15, -0.1) is 0 Å². The molecule has 2 aliphatic heterocycles. The van der Waals surface area contributed by atoms with Gasteiger partial charge in [0.2, 0.25) is 5.91 Å². The highest BCUT2D eigenvalue weighted by atomic mass is 16.3. The van der Waals surface area contributed by atoms with Crippen molar-refractivity contribution in [3.8, 4) is 0 Å². The van der Waals surface area contributed by atoms with E-state index in [-0.39, 0.29) is 11.8 Å². The van der Waals surface area contributed by atoms with Crippen LogP contribution in [-0.2, 0) is 4.79 Å². The van der Waals surface area contributed by atoms with Crippen molar-refractivity contribution in [2.24, 2.45) is 11.3 Å². The van der Waals surface area contributed by atoms with E-state index in [4.69, 9.17) is 0 Å². The first-order chi connectivity index (χ1) is 13.0. The number of nitrogens with one attached hydrogen (secondary N) is 1. The van der Waals surface area contributed by atoms with Gasteiger partial charge in [0.05, 0.1) is 17.1 Å². The summed E-state index contributed by atoms with van der Waals surface area (Å²) in [7, 11) is 1.81. The van der Waals surface area contributed by atoms with Gasteiger partial charge in [-0.3, -0.25) is 9.59 Å². The molecule has 3 fully saturated rings. The predicted octanol–water partition coefficient (Wildman–Crippen LogP) is 1.95. The molecule has 3 aliphatic rings. The number of aliphatic hydroxyl groups is 1. The minimum atomic E-state index is -0.494. The minimum absolute atomic E-state index is 0.00782. The summed E-state index contributed by atoms with van der Waals surface area (Å²) in [5, 5.41) is 13.5. The lowest BCUT2D eigenvalue weighted by atomic mass is 9.70. The van der Waals surface area contributed by atoms with Gasteiger partial charge in [-0.1, -0.05) is 12.1 Å². The number of amides is 2. The van der Waals surface area contributed by atoms with Crippen LogP contribution in [0.25, 0.3) is 0 Å². The second kappa shape index (κ2) is 7.15. The summed E-state index contributed by atoms with van der Waals surface area (Å²) in [6.07, 6.45) is 3.74. The van der Waals surface area contributed by atoms with Crippen molar-refractivity contribution in [3.63, 3.8) is 0 Å². The van der Waals surface area contributed by atoms with E-state index in [1.165, 1.54) is 12.8 Å². The van der Waals surface area contributed by atoms with Crippen molar-refractivity contribution in [3.05, 3.63) is 29.8 Å². The van der Waals surface area contributed by atoms with Crippen LogP contribution in [0.1, 0.15) is 42.5 Å². The van der Waals surface area contributed by atoms with Crippen LogP contribution >= 0.6 is 0 Å². The summed E-state index contributed by atoms with van der Waals surface area (Å²) in [6, 6.07) is 7.52. The number of nitrogens with zero attached hydrogens (tertiary/aromatic N) is 2. The quantitative estimate of drug-likeness (QED) is 0.849. The van der Waals surface area contributed by atoms with Gasteiger partial charge in [0, 0.05) is 38.9 Å². The first-order valence-electron chi connectivity index (χ1n) is 10.1. The summed E-state index contributed by atoms with van der Waals surface area (Å²) < 4.78 is 0. The fourth-order valence-corrected chi connectivity index (χ4v) is 4.66. The van der Waals surface area contributed by atoms with Crippen LogP contribution in [0.4, 0.5) is 5.69 Å². The topological polar surface area (TPSA) is 72.9 Å². The van der Waals surface area contributed by atoms with E-state index < -0.39 is 11.5 Å². The average molecular weight is 371 g/mol. The Labute approximate surface area is 160 Å². The minimum Gasteiger partial charge on any atom is -0.391 e. The highest BCUT2D eigenvalue weighted by Gasteiger charge is 2.49. The van der Waals surface area contributed by atoms with Crippen LogP contribution in [0.3, 0.4) is 0 Å². The zero-order valence-corrected chi connectivity index (χ0v) is 16.0. The Balaban J connectivity index is 1.45. The zero-order chi connectivity index (χ0) is 19.0. The molecule has 6 heteroatoms. The standard InChI is InChI=1S/C21H29N3O3/c1-22-18-5-3-2-4-17(18)19(26)23-10-8-21(9-11-23)12-16(25)14-24(20(21)27)13-15-6-7-15/h2-5,15-16,22,25H,6-14H2,1H3. The number of para-hydroxylation sites is 1. The van der Waals surface area contributed by atoms with E-state index in [2.05, 4.69) is 5.32 Å². The van der Waals surface area contributed by atoms with Crippen LogP contribution in [0.5, 0.6) is 0 Å². The molecule has 146 valence electrons. The maximum absolute atomic E-state index is 13.2. The van der Waals surface area contributed by atoms with Gasteiger partial charge < -0.3 is 20.2 Å². The molecule has 0 radical (unpaired) electrons. The molecule has 2 amide bonds. The lowest BCUT2D eigenvalue weighted by molar-refractivity contribution is -0.156. The van der Waals surface area contributed by atoms with Crippen LogP contribution in [0, 0.1) is 11.3 Å². The van der Waals surface area contributed by atoms with Gasteiger partial charge in [0.1, 0.15) is 0 Å². The average Bonchev–Trinajstić information content (AvgIpc) is 3.50. The smallest absolute Gasteiger partial charge is 0.255 e. The maximum atomic E-state index is 13.2. The Morgan fingerprint density at radius 3 is 2.63 bits per heavy atom. The molecule has 6 nitrogen and oxygen atoms in total. The van der Waals surface area contributed by atoms with Gasteiger partial charge in [-0.25, -0.2) is 0 Å². The number of carbonyl (C=O) groups excluding carboxylic acids is 2. The lowest BCUT2D eigenvalue weighted by Gasteiger charge is -2.48. The van der Waals surface area contributed by atoms with Crippen molar-refractivity contribution >= 4 is 17.5 Å². The van der Waals surface area contributed by atoms with Crippen LogP contribution in [0.2, 0.25) is 0 Å². The molecule has 1 aromatic rings. The summed E-state index contributed by atoms with van der Waals surface area (Å²) in [4.78, 5) is 29.9. The second-order valence-electron chi connectivity index (χ2n) is 8.38. The van der Waals surface area contributed by atoms with E-state index >= 15 is 0 Å². The third-order valence-corrected chi connectivity index (χ3v) is 6.41. The molecular formula is C21H29N3O3. The van der Waals surface area contributed by atoms with Gasteiger partial charge in [-0.05, 0) is 50.2 Å². The Bertz CT molecular complexity index is 721. The van der Waals surface area contributed by atoms with Crippen molar-refractivity contribution in [2.75, 3.05) is 38.5 Å². The Morgan fingerprint density at radius 2 is 1.96 bits per heavy atom. The molecule has 0 aromatic heterocycles. The largest absolute Gasteiger partial charge is 0.391 e. The van der Waals surface area contributed by atoms with Crippen molar-refractivity contribution in [1.29, 1.82) is 0 Å². The number of likely N-dealkylation sites (tertiary alicyclic amines) is 2. The van der Waals surface area contributed by atoms with Crippen LogP contribution in [-0.4, -0.2) is 66.1 Å². The molecule has 1 aliphatic carbocycles. The van der Waals surface area contributed by atoms with Crippen molar-refractivity contribution in [1.82, 2.24) is 9.80 Å². The molecule has 27 heavy (non-hydrogen) atoms. The molecule has 4 rings (SSSR count). The van der Waals surface area contributed by atoms with Crippen LogP contribution in [0.15, 0.2) is 24.3 Å². The van der Waals surface area contributed by atoms with Gasteiger partial charge in [-0.2, -0.15) is 0 Å². The fourth-order valence-electron chi connectivity index (χ4n) is 4.66. The van der Waals surface area contributed by atoms with Crippen molar-refractivity contribution < 1.29 is 14.7 Å². The Hall–Kier alpha value is -2.08. The SMILES string of the molecule is CNc1ccccc1C(=O)N1CCC2(CC1)CC(O)CN(CC1CC1)C2=O. The number of anilines is 1. The molecule has 0 bridgehead atoms. The third-order valence-electron chi connectivity index (χ3n) is 6.41. The first-order valence-corrected chi connectivity index (χ1v) is 10.1. The number of rotatable bonds is 4. The normalized spacial score (nSPS) is 25.0. The summed E-state index contributed by atoms with van der Waals surface area (Å²) in [5.74, 6) is 0.826. The molecule has 1 atom stereocenters. The molecule has 2 saturated heterocycles. The summed E-state index contributed by atoms with van der Waals surface area (Å²) in [6.45, 7) is 2.38. The zero-order valence-electron chi connectivity index (χ0n) is 16.0. The van der Waals surface area contributed by atoms with E-state index in [9.17, 15) is 14.7 Å². The molecule has 1 aromatic carbocycles. The molecular weight excluding hydrogens is 342 g/mol. The van der Waals surface area contributed by atoms with E-state index in [0.717, 1.165) is 12.2 Å². The number of β-amino-alcohol motifs (C(OH)–C–C–N with tert-alkyl or cyclic N) is 1. The Morgan fingerprint density at radius 1 is 1.26 bits per heavy atom. The Kier molecular flexibility index (Phi) is 4.84. The number of aliphatic hydroxyl groups excluding tert-OH is 1. The van der Waals surface area contributed by atoms with E-state index in [1.807, 2.05) is 41.1 Å². The summed E-state index contributed by atoms with van der Waals surface area (Å²) in [5.41, 5.74) is 0.996. The van der Waals surface area contributed by atoms with Gasteiger partial charge in [0.25, 0.3) is 5.91 Å². The van der Waals surface area contributed by atoms with Crippen molar-refractivity contribution in [2.45, 2.75) is 38.2 Å². The van der Waals surface area contributed by atoms with Gasteiger partial charge >= 0.3 is 0 Å². The molecule has 1 spiro atoms. The molecule has 2 heterocycles. The van der Waals surface area contributed by atoms with E-state index in [1.54, 1.807) is 0 Å². The number of benzene rings is 1. The number of hydrogen-bond donors (Lipinski definition) is 2. The predicted molar refractivity (Wildman–Crippen MR) is 103 cm³/mol. The highest BCUT2D eigenvalue weighted by molar-refractivity contribution is 5.99. The lowest BCUT2D eigenvalue weighted by Crippen LogP contribution is -2.58. The number of carbonyl (C=O) groups is 2. The number of hydrogen-bond acceptors (Lipinski definition) is 4.